The average molecular weight is 366 g/mol. The molecule has 0 fully saturated rings. The van der Waals surface area contributed by atoms with E-state index in [4.69, 9.17) is 9.47 Å². The van der Waals surface area contributed by atoms with E-state index < -0.39 is 4.92 Å². The van der Waals surface area contributed by atoms with Crippen LogP contribution in [0.15, 0.2) is 42.5 Å². The second-order valence-corrected chi connectivity index (χ2v) is 5.39. The molecule has 0 saturated carbocycles. The summed E-state index contributed by atoms with van der Waals surface area (Å²) in [7, 11) is 0. The van der Waals surface area contributed by atoms with E-state index >= 15 is 0 Å². The second kappa shape index (κ2) is 9.10. The molecular formula is C17H20ClN3O4. The quantitative estimate of drug-likeness (QED) is 0.445. The summed E-state index contributed by atoms with van der Waals surface area (Å²) in [6, 6.07) is 12.3. The molecule has 2 aromatic carbocycles. The minimum Gasteiger partial charge on any atom is -0.486 e. The highest BCUT2D eigenvalue weighted by Crippen LogP contribution is 2.30. The number of nitrogens with zero attached hydrogens (tertiary/aromatic N) is 1. The van der Waals surface area contributed by atoms with Crippen molar-refractivity contribution in [2.24, 2.45) is 0 Å². The molecule has 0 atom stereocenters. The van der Waals surface area contributed by atoms with E-state index in [1.54, 1.807) is 12.1 Å². The molecule has 0 aromatic heterocycles. The first kappa shape index (κ1) is 18.8. The molecule has 0 saturated heterocycles. The summed E-state index contributed by atoms with van der Waals surface area (Å²) >= 11 is 0. The van der Waals surface area contributed by atoms with Gasteiger partial charge in [0.05, 0.1) is 4.92 Å². The molecule has 1 aliphatic rings. The van der Waals surface area contributed by atoms with Gasteiger partial charge in [0.15, 0.2) is 11.5 Å². The third-order valence-corrected chi connectivity index (χ3v) is 3.64. The molecule has 1 heterocycles. The number of rotatable bonds is 7. The number of nitro groups is 1. The van der Waals surface area contributed by atoms with Gasteiger partial charge in [-0.25, -0.2) is 0 Å². The van der Waals surface area contributed by atoms with Crippen LogP contribution in [0.25, 0.3) is 0 Å². The lowest BCUT2D eigenvalue weighted by atomic mass is 10.2. The van der Waals surface area contributed by atoms with E-state index in [0.717, 1.165) is 42.4 Å². The number of ether oxygens (including phenoxy) is 2. The normalized spacial score (nSPS) is 12.2. The van der Waals surface area contributed by atoms with Crippen molar-refractivity contribution in [3.8, 4) is 11.5 Å². The van der Waals surface area contributed by atoms with Gasteiger partial charge in [0.25, 0.3) is 5.69 Å². The first-order chi connectivity index (χ1) is 11.7. The number of hydrogen-bond donors (Lipinski definition) is 2. The molecule has 0 amide bonds. The summed E-state index contributed by atoms with van der Waals surface area (Å²) in [5.41, 5.74) is 2.09. The molecule has 0 spiro atoms. The predicted octanol–water partition coefficient (Wildman–Crippen LogP) is 2.99. The lowest BCUT2D eigenvalue weighted by molar-refractivity contribution is -0.384. The smallest absolute Gasteiger partial charge is 0.269 e. The van der Waals surface area contributed by atoms with E-state index in [1.165, 1.54) is 12.1 Å². The molecule has 7 nitrogen and oxygen atoms in total. The van der Waals surface area contributed by atoms with Crippen molar-refractivity contribution in [3.05, 3.63) is 58.1 Å². The Balaban J connectivity index is 0.00000225. The zero-order valence-electron chi connectivity index (χ0n) is 13.6. The molecule has 0 radical (unpaired) electrons. The molecule has 1 aliphatic heterocycles. The number of halogens is 1. The highest BCUT2D eigenvalue weighted by atomic mass is 35.5. The van der Waals surface area contributed by atoms with E-state index in [1.807, 2.05) is 18.2 Å². The van der Waals surface area contributed by atoms with Crippen LogP contribution >= 0.6 is 12.4 Å². The van der Waals surface area contributed by atoms with Crippen LogP contribution in [0.3, 0.4) is 0 Å². The van der Waals surface area contributed by atoms with Crippen LogP contribution in [0.1, 0.15) is 5.56 Å². The Bertz CT molecular complexity index is 710. The molecule has 8 heteroatoms. The largest absolute Gasteiger partial charge is 0.486 e. The van der Waals surface area contributed by atoms with Crippen LogP contribution in [-0.4, -0.2) is 31.2 Å². The fraction of sp³-hybridized carbons (Fsp3) is 0.294. The van der Waals surface area contributed by atoms with Gasteiger partial charge in [0.1, 0.15) is 13.2 Å². The van der Waals surface area contributed by atoms with Gasteiger partial charge >= 0.3 is 0 Å². The maximum absolute atomic E-state index is 10.6. The number of hydrogen-bond acceptors (Lipinski definition) is 6. The minimum atomic E-state index is -0.404. The van der Waals surface area contributed by atoms with Gasteiger partial charge < -0.3 is 20.1 Å². The highest BCUT2D eigenvalue weighted by Gasteiger charge is 2.11. The summed E-state index contributed by atoms with van der Waals surface area (Å²) in [6.45, 7) is 3.41. The van der Waals surface area contributed by atoms with Crippen molar-refractivity contribution in [1.82, 2.24) is 5.32 Å². The van der Waals surface area contributed by atoms with E-state index in [-0.39, 0.29) is 18.1 Å². The molecular weight excluding hydrogens is 346 g/mol. The first-order valence-electron chi connectivity index (χ1n) is 7.80. The standard InChI is InChI=1S/C17H19N3O4.ClH/c21-20(22)15-4-2-14(3-5-15)19-8-7-18-12-13-1-6-16-17(11-13)24-10-9-23-16;/h1-6,11,18-19H,7-10,12H2;1H. The van der Waals surface area contributed by atoms with Gasteiger partial charge in [-0.15, -0.1) is 12.4 Å². The van der Waals surface area contributed by atoms with E-state index in [9.17, 15) is 10.1 Å². The Morgan fingerprint density at radius 3 is 2.44 bits per heavy atom. The number of non-ortho nitro benzene ring substituents is 1. The predicted molar refractivity (Wildman–Crippen MR) is 98.0 cm³/mol. The summed E-state index contributed by atoms with van der Waals surface area (Å²) in [5, 5.41) is 17.2. The molecule has 2 N–H and O–H groups in total. The summed E-state index contributed by atoms with van der Waals surface area (Å²) in [4.78, 5) is 10.2. The first-order valence-corrected chi connectivity index (χ1v) is 7.80. The Hall–Kier alpha value is -2.51. The van der Waals surface area contributed by atoms with Crippen LogP contribution < -0.4 is 20.1 Å². The number of nitro benzene ring substituents is 1. The van der Waals surface area contributed by atoms with Crippen molar-refractivity contribution in [2.45, 2.75) is 6.54 Å². The van der Waals surface area contributed by atoms with Crippen LogP contribution in [0.5, 0.6) is 11.5 Å². The molecule has 0 bridgehead atoms. The molecule has 2 aromatic rings. The van der Waals surface area contributed by atoms with Crippen molar-refractivity contribution in [2.75, 3.05) is 31.6 Å². The van der Waals surface area contributed by atoms with Crippen LogP contribution in [0.4, 0.5) is 11.4 Å². The van der Waals surface area contributed by atoms with Crippen molar-refractivity contribution in [3.63, 3.8) is 0 Å². The van der Waals surface area contributed by atoms with Gasteiger partial charge in [-0.3, -0.25) is 10.1 Å². The number of benzene rings is 2. The van der Waals surface area contributed by atoms with Crippen molar-refractivity contribution in [1.29, 1.82) is 0 Å². The molecule has 3 rings (SSSR count). The van der Waals surface area contributed by atoms with E-state index in [0.29, 0.717) is 13.2 Å². The lowest BCUT2D eigenvalue weighted by Crippen LogP contribution is -2.22. The Kier molecular flexibility index (Phi) is 6.85. The average Bonchev–Trinajstić information content (AvgIpc) is 2.61. The zero-order chi connectivity index (χ0) is 16.8. The lowest BCUT2D eigenvalue weighted by Gasteiger charge is -2.19. The highest BCUT2D eigenvalue weighted by molar-refractivity contribution is 5.85. The molecule has 134 valence electrons. The third kappa shape index (κ3) is 5.23. The van der Waals surface area contributed by atoms with Crippen molar-refractivity contribution >= 4 is 23.8 Å². The monoisotopic (exact) mass is 365 g/mol. The SMILES string of the molecule is Cl.O=[N+]([O-])c1ccc(NCCNCc2ccc3c(c2)OCCO3)cc1. The minimum absolute atomic E-state index is 0. The van der Waals surface area contributed by atoms with Gasteiger partial charge in [0, 0.05) is 37.5 Å². The Morgan fingerprint density at radius 1 is 1.00 bits per heavy atom. The van der Waals surface area contributed by atoms with Gasteiger partial charge in [0.2, 0.25) is 0 Å². The van der Waals surface area contributed by atoms with Crippen LogP contribution in [0, 0.1) is 10.1 Å². The van der Waals surface area contributed by atoms with Gasteiger partial charge in [-0.1, -0.05) is 6.07 Å². The Morgan fingerprint density at radius 2 is 1.72 bits per heavy atom. The topological polar surface area (TPSA) is 85.7 Å². The fourth-order valence-corrected chi connectivity index (χ4v) is 2.43. The van der Waals surface area contributed by atoms with Gasteiger partial charge in [-0.05, 0) is 29.8 Å². The van der Waals surface area contributed by atoms with Crippen molar-refractivity contribution < 1.29 is 14.4 Å². The zero-order valence-corrected chi connectivity index (χ0v) is 14.4. The maximum Gasteiger partial charge on any atom is 0.269 e. The summed E-state index contributed by atoms with van der Waals surface area (Å²) in [6.07, 6.45) is 0. The number of fused-ring (bicyclic) bond motifs is 1. The summed E-state index contributed by atoms with van der Waals surface area (Å²) < 4.78 is 11.1. The summed E-state index contributed by atoms with van der Waals surface area (Å²) in [5.74, 6) is 1.59. The second-order valence-electron chi connectivity index (χ2n) is 5.39. The van der Waals surface area contributed by atoms with Crippen LogP contribution in [0.2, 0.25) is 0 Å². The fourth-order valence-electron chi connectivity index (χ4n) is 2.43. The number of anilines is 1. The van der Waals surface area contributed by atoms with Gasteiger partial charge in [-0.2, -0.15) is 0 Å². The van der Waals surface area contributed by atoms with E-state index in [2.05, 4.69) is 10.6 Å². The molecule has 25 heavy (non-hydrogen) atoms. The Labute approximate surface area is 151 Å². The maximum atomic E-state index is 10.6. The molecule has 0 unspecified atom stereocenters. The molecule has 0 aliphatic carbocycles. The van der Waals surface area contributed by atoms with Crippen LogP contribution in [-0.2, 0) is 6.54 Å². The number of nitrogens with one attached hydrogen (secondary N) is 2. The third-order valence-electron chi connectivity index (χ3n) is 3.64.